The van der Waals surface area contributed by atoms with E-state index < -0.39 is 5.97 Å². The summed E-state index contributed by atoms with van der Waals surface area (Å²) >= 11 is 0. The summed E-state index contributed by atoms with van der Waals surface area (Å²) in [5.41, 5.74) is 5.42. The minimum absolute atomic E-state index is 0.104. The molecule has 0 aromatic heterocycles. The van der Waals surface area contributed by atoms with Gasteiger partial charge in [0, 0.05) is 12.6 Å². The molecule has 1 atom stereocenters. The van der Waals surface area contributed by atoms with Crippen molar-refractivity contribution in [2.75, 3.05) is 7.11 Å². The molecule has 162 valence electrons. The van der Waals surface area contributed by atoms with Crippen molar-refractivity contribution in [3.8, 4) is 16.9 Å². The van der Waals surface area contributed by atoms with Gasteiger partial charge >= 0.3 is 5.97 Å². The van der Waals surface area contributed by atoms with E-state index in [9.17, 15) is 9.90 Å². The van der Waals surface area contributed by atoms with Crippen LogP contribution in [0.4, 0.5) is 0 Å². The van der Waals surface area contributed by atoms with Crippen molar-refractivity contribution < 1.29 is 14.6 Å². The van der Waals surface area contributed by atoms with Gasteiger partial charge in [0.1, 0.15) is 5.75 Å². The van der Waals surface area contributed by atoms with Crippen molar-refractivity contribution in [2.45, 2.75) is 26.4 Å². The maximum atomic E-state index is 11.7. The van der Waals surface area contributed by atoms with Crippen LogP contribution in [0.3, 0.4) is 0 Å². The molecule has 0 saturated carbocycles. The lowest BCUT2D eigenvalue weighted by molar-refractivity contribution is 0.0696. The van der Waals surface area contributed by atoms with E-state index in [1.165, 1.54) is 0 Å². The van der Waals surface area contributed by atoms with Crippen LogP contribution in [0.1, 0.15) is 40.0 Å². The van der Waals surface area contributed by atoms with Crippen molar-refractivity contribution in [1.29, 1.82) is 0 Å². The van der Waals surface area contributed by atoms with Gasteiger partial charge in [-0.25, -0.2) is 4.79 Å². The highest BCUT2D eigenvalue weighted by atomic mass is 16.5. The zero-order valence-electron chi connectivity index (χ0n) is 18.6. The van der Waals surface area contributed by atoms with Crippen LogP contribution >= 0.6 is 0 Å². The molecule has 4 aromatic rings. The monoisotopic (exact) mass is 425 g/mol. The summed E-state index contributed by atoms with van der Waals surface area (Å²) in [4.78, 5) is 11.7. The van der Waals surface area contributed by atoms with Gasteiger partial charge in [0.05, 0.1) is 12.7 Å². The van der Waals surface area contributed by atoms with Gasteiger partial charge in [-0.2, -0.15) is 0 Å². The molecule has 0 aliphatic rings. The number of fused-ring (bicyclic) bond motifs is 1. The second-order valence-electron chi connectivity index (χ2n) is 8.03. The number of nitrogens with one attached hydrogen (secondary N) is 1. The average Bonchev–Trinajstić information content (AvgIpc) is 2.82. The molecule has 0 saturated heterocycles. The number of carboxylic acid groups (broad SMARTS) is 1. The summed E-state index contributed by atoms with van der Waals surface area (Å²) in [6.45, 7) is 4.74. The van der Waals surface area contributed by atoms with Crippen LogP contribution in [0.15, 0.2) is 78.9 Å². The van der Waals surface area contributed by atoms with E-state index in [-0.39, 0.29) is 6.04 Å². The summed E-state index contributed by atoms with van der Waals surface area (Å²) in [6.07, 6.45) is 0. The molecule has 4 nitrogen and oxygen atoms in total. The van der Waals surface area contributed by atoms with Gasteiger partial charge in [0.25, 0.3) is 0 Å². The zero-order valence-corrected chi connectivity index (χ0v) is 18.6. The lowest BCUT2D eigenvalue weighted by atomic mass is 9.90. The Kier molecular flexibility index (Phi) is 6.24. The van der Waals surface area contributed by atoms with Crippen molar-refractivity contribution in [3.05, 3.63) is 101 Å². The summed E-state index contributed by atoms with van der Waals surface area (Å²) in [7, 11) is 1.67. The number of hydrogen-bond donors (Lipinski definition) is 2. The molecule has 0 heterocycles. The van der Waals surface area contributed by atoms with Crippen LogP contribution < -0.4 is 10.1 Å². The first-order chi connectivity index (χ1) is 15.5. The Morgan fingerprint density at radius 3 is 2.53 bits per heavy atom. The molecule has 0 aliphatic heterocycles. The molecule has 1 unspecified atom stereocenters. The summed E-state index contributed by atoms with van der Waals surface area (Å²) in [5.74, 6) is -0.0585. The molecule has 2 N–H and O–H groups in total. The number of hydrogen-bond acceptors (Lipinski definition) is 3. The standard InChI is InChI=1S/C28H27NO3/c1-18-24(12-7-13-25(18)28(30)31)27-16-22(15-21-9-4-5-11-26(21)27)19(2)29-17-20-8-6-10-23(14-20)32-3/h4-16,19,29H,17H2,1-3H3,(H,30,31). The molecule has 0 amide bonds. The van der Waals surface area contributed by atoms with Gasteiger partial charge < -0.3 is 15.2 Å². The quantitative estimate of drug-likeness (QED) is 0.361. The zero-order chi connectivity index (χ0) is 22.7. The summed E-state index contributed by atoms with van der Waals surface area (Å²) in [5, 5.41) is 15.4. The molecule has 0 aliphatic carbocycles. The molecule has 4 heteroatoms. The van der Waals surface area contributed by atoms with Crippen molar-refractivity contribution >= 4 is 16.7 Å². The highest BCUT2D eigenvalue weighted by Crippen LogP contribution is 2.35. The fourth-order valence-electron chi connectivity index (χ4n) is 4.14. The van der Waals surface area contributed by atoms with Crippen molar-refractivity contribution in [3.63, 3.8) is 0 Å². The molecule has 4 aromatic carbocycles. The molecule has 0 bridgehead atoms. The molecule has 4 rings (SSSR count). The predicted octanol–water partition coefficient (Wildman–Crippen LogP) is 6.37. The fraction of sp³-hybridized carbons (Fsp3) is 0.179. The van der Waals surface area contributed by atoms with Crippen LogP contribution in [-0.2, 0) is 6.54 Å². The first kappa shape index (κ1) is 21.6. The third-order valence-corrected chi connectivity index (χ3v) is 5.99. The van der Waals surface area contributed by atoms with E-state index in [2.05, 4.69) is 42.6 Å². The Morgan fingerprint density at radius 1 is 0.969 bits per heavy atom. The molecule has 0 radical (unpaired) electrons. The van der Waals surface area contributed by atoms with Gasteiger partial charge in [-0.1, -0.05) is 48.5 Å². The molecule has 0 spiro atoms. The number of carbonyl (C=O) groups is 1. The Hall–Kier alpha value is -3.63. The first-order valence-electron chi connectivity index (χ1n) is 10.7. The Labute approximate surface area is 188 Å². The lowest BCUT2D eigenvalue weighted by Gasteiger charge is -2.19. The van der Waals surface area contributed by atoms with Gasteiger partial charge in [0.15, 0.2) is 0 Å². The minimum atomic E-state index is -0.905. The predicted molar refractivity (Wildman–Crippen MR) is 129 cm³/mol. The number of rotatable bonds is 7. The maximum absolute atomic E-state index is 11.7. The second kappa shape index (κ2) is 9.25. The van der Waals surface area contributed by atoms with Crippen LogP contribution in [0.25, 0.3) is 21.9 Å². The van der Waals surface area contributed by atoms with Crippen molar-refractivity contribution in [1.82, 2.24) is 5.32 Å². The lowest BCUT2D eigenvalue weighted by Crippen LogP contribution is -2.18. The number of methoxy groups -OCH3 is 1. The van der Waals surface area contributed by atoms with E-state index in [4.69, 9.17) is 4.74 Å². The van der Waals surface area contributed by atoms with Gasteiger partial charge in [-0.05, 0) is 82.8 Å². The van der Waals surface area contributed by atoms with Crippen LogP contribution in [0.5, 0.6) is 5.75 Å². The van der Waals surface area contributed by atoms with E-state index in [1.807, 2.05) is 49.4 Å². The first-order valence-corrected chi connectivity index (χ1v) is 10.7. The highest BCUT2D eigenvalue weighted by Gasteiger charge is 2.16. The normalized spacial score (nSPS) is 12.0. The van der Waals surface area contributed by atoms with Crippen molar-refractivity contribution in [2.24, 2.45) is 0 Å². The molecule has 0 fully saturated rings. The summed E-state index contributed by atoms with van der Waals surface area (Å²) in [6, 6.07) is 26.3. The van der Waals surface area contributed by atoms with Gasteiger partial charge in [-0.3, -0.25) is 0 Å². The Balaban J connectivity index is 1.72. The summed E-state index contributed by atoms with van der Waals surface area (Å²) < 4.78 is 5.33. The number of ether oxygens (including phenoxy) is 1. The number of benzene rings is 4. The third-order valence-electron chi connectivity index (χ3n) is 5.99. The largest absolute Gasteiger partial charge is 0.497 e. The minimum Gasteiger partial charge on any atom is -0.497 e. The third kappa shape index (κ3) is 4.36. The van der Waals surface area contributed by atoms with Gasteiger partial charge in [-0.15, -0.1) is 0 Å². The highest BCUT2D eigenvalue weighted by molar-refractivity contribution is 6.00. The van der Waals surface area contributed by atoms with Crippen LogP contribution in [0, 0.1) is 6.92 Å². The topological polar surface area (TPSA) is 58.6 Å². The number of aromatic carboxylic acids is 1. The molecule has 32 heavy (non-hydrogen) atoms. The maximum Gasteiger partial charge on any atom is 0.335 e. The second-order valence-corrected chi connectivity index (χ2v) is 8.03. The van der Waals surface area contributed by atoms with Gasteiger partial charge in [0.2, 0.25) is 0 Å². The van der Waals surface area contributed by atoms with Crippen LogP contribution in [-0.4, -0.2) is 18.2 Å². The fourth-order valence-corrected chi connectivity index (χ4v) is 4.14. The number of carboxylic acids is 1. The SMILES string of the molecule is COc1cccc(CNC(C)c2cc(-c3cccc(C(=O)O)c3C)c3ccccc3c2)c1. The Morgan fingerprint density at radius 2 is 1.75 bits per heavy atom. The van der Waals surface area contributed by atoms with E-state index >= 15 is 0 Å². The molecular formula is C28H27NO3. The average molecular weight is 426 g/mol. The molecular weight excluding hydrogens is 398 g/mol. The van der Waals surface area contributed by atoms with E-state index in [1.54, 1.807) is 13.2 Å². The smallest absolute Gasteiger partial charge is 0.335 e. The Bertz CT molecular complexity index is 1280. The van der Waals surface area contributed by atoms with E-state index in [0.717, 1.165) is 44.3 Å². The van der Waals surface area contributed by atoms with Crippen LogP contribution in [0.2, 0.25) is 0 Å². The van der Waals surface area contributed by atoms with E-state index in [0.29, 0.717) is 12.1 Å².